The lowest BCUT2D eigenvalue weighted by Crippen LogP contribution is -2.22. The van der Waals surface area contributed by atoms with Crippen LogP contribution in [0.15, 0.2) is 17.3 Å². The van der Waals surface area contributed by atoms with Crippen molar-refractivity contribution < 1.29 is 4.21 Å². The fourth-order valence-corrected chi connectivity index (χ4v) is 1.49. The van der Waals surface area contributed by atoms with Crippen LogP contribution < -0.4 is 0 Å². The lowest BCUT2D eigenvalue weighted by atomic mass is 10.1. The molecule has 74 valence electrons. The molecule has 4 heteroatoms. The molecule has 1 heterocycles. The van der Waals surface area contributed by atoms with E-state index < -0.39 is 9.52 Å². The molecular formula is C9H16N2OS. The van der Waals surface area contributed by atoms with E-state index in [0.29, 0.717) is 4.90 Å². The molecule has 1 rings (SSSR count). The second kappa shape index (κ2) is 2.87. The van der Waals surface area contributed by atoms with Gasteiger partial charge in [0.2, 0.25) is 0 Å². The summed E-state index contributed by atoms with van der Waals surface area (Å²) in [4.78, 5) is 0.711. The molecule has 1 atom stereocenters. The zero-order valence-corrected chi connectivity index (χ0v) is 9.39. The predicted molar refractivity (Wildman–Crippen MR) is 56.7 cm³/mol. The number of hydrogen-bond donors (Lipinski definition) is 0. The van der Waals surface area contributed by atoms with E-state index in [0.717, 1.165) is 0 Å². The normalized spacial score (nSPS) is 16.9. The fourth-order valence-electron chi connectivity index (χ4n) is 0.896. The molecule has 0 aliphatic rings. The van der Waals surface area contributed by atoms with Crippen molar-refractivity contribution in [2.24, 2.45) is 0 Å². The average molecular weight is 200 g/mol. The fraction of sp³-hybridized carbons (Fsp3) is 0.556. The summed E-state index contributed by atoms with van der Waals surface area (Å²) >= 11 is 0. The minimum atomic E-state index is -2.13. The van der Waals surface area contributed by atoms with Crippen LogP contribution in [0.4, 0.5) is 0 Å². The van der Waals surface area contributed by atoms with Gasteiger partial charge in [0.25, 0.3) is 0 Å². The van der Waals surface area contributed by atoms with Gasteiger partial charge in [-0.3, -0.25) is 8.89 Å². The highest BCUT2D eigenvalue weighted by molar-refractivity contribution is 7.99. The van der Waals surface area contributed by atoms with E-state index >= 15 is 0 Å². The van der Waals surface area contributed by atoms with Gasteiger partial charge in [-0.15, -0.1) is 0 Å². The maximum absolute atomic E-state index is 11.6. The van der Waals surface area contributed by atoms with Crippen LogP contribution in [0.5, 0.6) is 0 Å². The second-order valence-electron chi connectivity index (χ2n) is 4.30. The third-order valence-electron chi connectivity index (χ3n) is 1.74. The van der Waals surface area contributed by atoms with Gasteiger partial charge in [0.1, 0.15) is 0 Å². The minimum absolute atomic E-state index is 0.0665. The molecule has 0 saturated carbocycles. The van der Waals surface area contributed by atoms with Crippen molar-refractivity contribution in [2.75, 3.05) is 6.26 Å². The summed E-state index contributed by atoms with van der Waals surface area (Å²) < 4.78 is 13.4. The lowest BCUT2D eigenvalue weighted by molar-refractivity contribution is 0.355. The molecule has 1 unspecified atom stereocenters. The van der Waals surface area contributed by atoms with Crippen LogP contribution in [0, 0.1) is 0 Å². The van der Waals surface area contributed by atoms with Gasteiger partial charge in [-0.1, -0.05) is 0 Å². The summed E-state index contributed by atoms with van der Waals surface area (Å²) in [5.74, 6) is 3.61. The lowest BCUT2D eigenvalue weighted by Gasteiger charge is -2.18. The van der Waals surface area contributed by atoms with Crippen molar-refractivity contribution in [3.8, 4) is 0 Å². The van der Waals surface area contributed by atoms with Crippen LogP contribution in [0.1, 0.15) is 20.8 Å². The first-order valence-corrected chi connectivity index (χ1v) is 6.22. The Hall–Kier alpha value is -0.770. The Kier molecular flexibility index (Phi) is 2.28. The molecule has 13 heavy (non-hydrogen) atoms. The quantitative estimate of drug-likeness (QED) is 0.641. The van der Waals surface area contributed by atoms with Gasteiger partial charge in [-0.2, -0.15) is 5.10 Å². The van der Waals surface area contributed by atoms with Crippen LogP contribution in [0.3, 0.4) is 0 Å². The summed E-state index contributed by atoms with van der Waals surface area (Å²) in [6.45, 7) is 6.14. The monoisotopic (exact) mass is 200 g/mol. The van der Waals surface area contributed by atoms with E-state index in [4.69, 9.17) is 0 Å². The van der Waals surface area contributed by atoms with E-state index in [-0.39, 0.29) is 5.54 Å². The number of rotatable bonds is 1. The Morgan fingerprint density at radius 1 is 1.54 bits per heavy atom. The van der Waals surface area contributed by atoms with Crippen molar-refractivity contribution in [3.05, 3.63) is 12.4 Å². The molecule has 0 bridgehead atoms. The minimum Gasteiger partial charge on any atom is -0.266 e. The molecule has 0 spiro atoms. The topological polar surface area (TPSA) is 34.9 Å². The van der Waals surface area contributed by atoms with Crippen molar-refractivity contribution >= 4 is 15.4 Å². The summed E-state index contributed by atoms with van der Waals surface area (Å²) in [6.07, 6.45) is 5.05. The van der Waals surface area contributed by atoms with Gasteiger partial charge in [-0.05, 0) is 36.2 Å². The number of aromatic nitrogens is 2. The Morgan fingerprint density at radius 3 is 2.31 bits per heavy atom. The smallest absolute Gasteiger partial charge is 0.0682 e. The molecule has 0 aliphatic heterocycles. The average Bonchev–Trinajstić information content (AvgIpc) is 2.28. The third-order valence-corrected chi connectivity index (χ3v) is 2.95. The van der Waals surface area contributed by atoms with Crippen LogP contribution >= 0.6 is 0 Å². The van der Waals surface area contributed by atoms with Gasteiger partial charge in [0, 0.05) is 12.5 Å². The third kappa shape index (κ3) is 2.34. The van der Waals surface area contributed by atoms with Crippen molar-refractivity contribution in [1.82, 2.24) is 9.78 Å². The van der Waals surface area contributed by atoms with E-state index in [1.165, 1.54) is 0 Å². The largest absolute Gasteiger partial charge is 0.266 e. The molecule has 1 aromatic heterocycles. The Balaban J connectivity index is 3.16. The Labute approximate surface area is 79.8 Å². The van der Waals surface area contributed by atoms with E-state index in [1.807, 2.05) is 20.8 Å². The standard InChI is InChI=1S/C9H16N2OS/c1-9(2,3)11-7-8(6-10-11)13(4,5)12/h6-7H,4H2,1-3,5H3. The van der Waals surface area contributed by atoms with E-state index in [9.17, 15) is 4.21 Å². The van der Waals surface area contributed by atoms with Crippen molar-refractivity contribution in [2.45, 2.75) is 31.2 Å². The van der Waals surface area contributed by atoms with Crippen LogP contribution in [0.25, 0.3) is 0 Å². The van der Waals surface area contributed by atoms with Gasteiger partial charge in [0.15, 0.2) is 0 Å². The van der Waals surface area contributed by atoms with Gasteiger partial charge < -0.3 is 0 Å². The zero-order chi connectivity index (χ0) is 10.3. The molecule has 1 aromatic rings. The molecule has 0 amide bonds. The molecule has 0 fully saturated rings. The van der Waals surface area contributed by atoms with Gasteiger partial charge >= 0.3 is 0 Å². The van der Waals surface area contributed by atoms with Crippen LogP contribution in [-0.2, 0) is 15.1 Å². The van der Waals surface area contributed by atoms with Crippen molar-refractivity contribution in [1.29, 1.82) is 0 Å². The molecule has 0 saturated heterocycles. The summed E-state index contributed by atoms with van der Waals surface area (Å²) in [7, 11) is -2.13. The molecule has 0 aromatic carbocycles. The zero-order valence-electron chi connectivity index (χ0n) is 8.57. The second-order valence-corrected chi connectivity index (χ2v) is 6.78. The van der Waals surface area contributed by atoms with Crippen LogP contribution in [-0.4, -0.2) is 26.1 Å². The first-order valence-electron chi connectivity index (χ1n) is 4.09. The maximum Gasteiger partial charge on any atom is 0.0682 e. The summed E-state index contributed by atoms with van der Waals surface area (Å²) in [5.41, 5.74) is -0.0665. The molecular weight excluding hydrogens is 184 g/mol. The first-order chi connectivity index (χ1) is 5.71. The van der Waals surface area contributed by atoms with E-state index in [1.54, 1.807) is 23.3 Å². The van der Waals surface area contributed by atoms with E-state index in [2.05, 4.69) is 11.0 Å². The van der Waals surface area contributed by atoms with Gasteiger partial charge in [-0.25, -0.2) is 0 Å². The number of nitrogens with zero attached hydrogens (tertiary/aromatic N) is 2. The highest BCUT2D eigenvalue weighted by Gasteiger charge is 2.15. The highest BCUT2D eigenvalue weighted by atomic mass is 32.2. The van der Waals surface area contributed by atoms with Crippen molar-refractivity contribution in [3.63, 3.8) is 0 Å². The SMILES string of the molecule is C=S(C)(=O)c1cnn(C(C)(C)C)c1. The summed E-state index contributed by atoms with van der Waals surface area (Å²) in [5, 5.41) is 4.15. The molecule has 0 aliphatic carbocycles. The van der Waals surface area contributed by atoms with Gasteiger partial charge in [0.05, 0.1) is 16.6 Å². The predicted octanol–water partition coefficient (Wildman–Crippen LogP) is 1.34. The Morgan fingerprint density at radius 2 is 2.08 bits per heavy atom. The summed E-state index contributed by atoms with van der Waals surface area (Å²) in [6, 6.07) is 0. The molecule has 3 nitrogen and oxygen atoms in total. The maximum atomic E-state index is 11.6. The number of hydrogen-bond acceptors (Lipinski definition) is 2. The molecule has 0 N–H and O–H groups in total. The molecule has 0 radical (unpaired) electrons. The van der Waals surface area contributed by atoms with Crippen LogP contribution in [0.2, 0.25) is 0 Å². The first kappa shape index (κ1) is 10.3. The Bertz CT molecular complexity index is 395. The highest BCUT2D eigenvalue weighted by Crippen LogP contribution is 2.15.